The lowest BCUT2D eigenvalue weighted by Crippen LogP contribution is -2.39. The van der Waals surface area contributed by atoms with Crippen LogP contribution in [0.25, 0.3) is 16.5 Å². The van der Waals surface area contributed by atoms with Crippen LogP contribution in [-0.4, -0.2) is 35.8 Å². The lowest BCUT2D eigenvalue weighted by molar-refractivity contribution is 0.247. The lowest BCUT2D eigenvalue weighted by Gasteiger charge is -2.18. The van der Waals surface area contributed by atoms with Gasteiger partial charge in [-0.1, -0.05) is 53.5 Å². The number of amides is 2. The van der Waals surface area contributed by atoms with Crippen molar-refractivity contribution in [1.29, 1.82) is 0 Å². The first kappa shape index (κ1) is 25.3. The van der Waals surface area contributed by atoms with Crippen LogP contribution in [0.1, 0.15) is 29.7 Å². The number of sulfonamides is 1. The van der Waals surface area contributed by atoms with E-state index >= 15 is 0 Å². The van der Waals surface area contributed by atoms with Crippen LogP contribution in [-0.2, 0) is 23.0 Å². The summed E-state index contributed by atoms with van der Waals surface area (Å²) in [7, 11) is -4.08. The van der Waals surface area contributed by atoms with Crippen molar-refractivity contribution in [2.75, 3.05) is 6.54 Å². The van der Waals surface area contributed by atoms with Crippen molar-refractivity contribution < 1.29 is 13.2 Å². The lowest BCUT2D eigenvalue weighted by atomic mass is 9.92. The Hall–Kier alpha value is -3.40. The summed E-state index contributed by atoms with van der Waals surface area (Å²) in [5, 5.41) is 8.97. The maximum absolute atomic E-state index is 12.7. The Kier molecular flexibility index (Phi) is 7.19. The second-order valence-electron chi connectivity index (χ2n) is 8.67. The number of aryl methyl sites for hydroxylation is 1. The van der Waals surface area contributed by atoms with Crippen molar-refractivity contribution in [2.24, 2.45) is 0 Å². The van der Waals surface area contributed by atoms with Gasteiger partial charge in [0.1, 0.15) is 4.90 Å². The van der Waals surface area contributed by atoms with Gasteiger partial charge in [0, 0.05) is 28.2 Å². The Morgan fingerprint density at radius 1 is 1.08 bits per heavy atom. The molecule has 1 aliphatic rings. The van der Waals surface area contributed by atoms with E-state index in [0.717, 1.165) is 41.7 Å². The topological polar surface area (TPSA) is 106 Å². The van der Waals surface area contributed by atoms with Crippen LogP contribution in [0.5, 0.6) is 0 Å². The van der Waals surface area contributed by atoms with Crippen LogP contribution in [0.4, 0.5) is 4.79 Å². The molecule has 37 heavy (non-hydrogen) atoms. The van der Waals surface area contributed by atoms with Crippen molar-refractivity contribution in [3.63, 3.8) is 0 Å². The standard InChI is InChI=1S/C26H23Cl2N5O3S/c27-21-9-8-20(23(28)13-21)16-33-25-17(5-3-6-19(25)14-31-33)10-11-29-26(34)32-37(35,36)22-12-18-4-1-2-7-24(18)30-15-22/h1-2,4,7-10,12-15H,3,5-6,11,16H2,(H2,29,32,34). The van der Waals surface area contributed by atoms with Gasteiger partial charge in [0.25, 0.3) is 10.0 Å². The summed E-state index contributed by atoms with van der Waals surface area (Å²) in [6.07, 6.45) is 7.67. The summed E-state index contributed by atoms with van der Waals surface area (Å²) >= 11 is 12.4. The van der Waals surface area contributed by atoms with Gasteiger partial charge in [-0.2, -0.15) is 5.10 Å². The van der Waals surface area contributed by atoms with E-state index in [4.69, 9.17) is 23.2 Å². The first-order valence-corrected chi connectivity index (χ1v) is 13.9. The van der Waals surface area contributed by atoms with Crippen LogP contribution >= 0.6 is 23.2 Å². The Morgan fingerprint density at radius 3 is 2.76 bits per heavy atom. The quantitative estimate of drug-likeness (QED) is 0.340. The Labute approximate surface area is 224 Å². The average Bonchev–Trinajstić information content (AvgIpc) is 3.29. The largest absolute Gasteiger partial charge is 0.334 e. The predicted molar refractivity (Wildman–Crippen MR) is 144 cm³/mol. The van der Waals surface area contributed by atoms with E-state index in [1.807, 2.05) is 29.1 Å². The normalized spacial score (nSPS) is 14.5. The summed E-state index contributed by atoms with van der Waals surface area (Å²) < 4.78 is 29.3. The number of pyridine rings is 1. The van der Waals surface area contributed by atoms with E-state index in [0.29, 0.717) is 27.5 Å². The molecule has 2 heterocycles. The van der Waals surface area contributed by atoms with Gasteiger partial charge < -0.3 is 5.32 Å². The molecular formula is C26H23Cl2N5O3S. The van der Waals surface area contributed by atoms with Crippen molar-refractivity contribution in [2.45, 2.75) is 30.7 Å². The first-order chi connectivity index (χ1) is 17.8. The molecule has 4 aromatic rings. The van der Waals surface area contributed by atoms with Gasteiger partial charge >= 0.3 is 6.03 Å². The van der Waals surface area contributed by atoms with E-state index in [1.165, 1.54) is 12.3 Å². The van der Waals surface area contributed by atoms with E-state index in [1.54, 1.807) is 30.3 Å². The number of halogens is 2. The van der Waals surface area contributed by atoms with Gasteiger partial charge in [-0.15, -0.1) is 0 Å². The molecule has 1 aliphatic carbocycles. The summed E-state index contributed by atoms with van der Waals surface area (Å²) in [5.74, 6) is 0. The third-order valence-electron chi connectivity index (χ3n) is 6.16. The number of nitrogens with one attached hydrogen (secondary N) is 2. The minimum Gasteiger partial charge on any atom is -0.334 e. The molecule has 0 bridgehead atoms. The van der Waals surface area contributed by atoms with Crippen LogP contribution in [0, 0.1) is 0 Å². The van der Waals surface area contributed by atoms with Crippen LogP contribution in [0.2, 0.25) is 10.0 Å². The number of hydrogen-bond donors (Lipinski definition) is 2. The maximum Gasteiger partial charge on any atom is 0.328 e. The highest BCUT2D eigenvalue weighted by Crippen LogP contribution is 2.32. The number of hydrogen-bond acceptors (Lipinski definition) is 5. The Morgan fingerprint density at radius 2 is 1.92 bits per heavy atom. The number of urea groups is 1. The molecule has 2 aromatic heterocycles. The average molecular weight is 556 g/mol. The monoisotopic (exact) mass is 555 g/mol. The van der Waals surface area contributed by atoms with E-state index in [9.17, 15) is 13.2 Å². The summed E-state index contributed by atoms with van der Waals surface area (Å²) in [6, 6.07) is 13.2. The first-order valence-electron chi connectivity index (χ1n) is 11.6. The molecular weight excluding hydrogens is 533 g/mol. The number of carbonyl (C=O) groups is 1. The summed E-state index contributed by atoms with van der Waals surface area (Å²) in [6.45, 7) is 0.633. The molecule has 2 amide bonds. The minimum atomic E-state index is -4.08. The molecule has 0 radical (unpaired) electrons. The van der Waals surface area contributed by atoms with Crippen molar-refractivity contribution in [3.8, 4) is 0 Å². The fraction of sp³-hybridized carbons (Fsp3) is 0.192. The summed E-state index contributed by atoms with van der Waals surface area (Å²) in [4.78, 5) is 16.5. The molecule has 2 N–H and O–H groups in total. The number of aromatic nitrogens is 3. The highest BCUT2D eigenvalue weighted by molar-refractivity contribution is 7.90. The SMILES string of the molecule is O=C(NCC=C1CCCc2cnn(Cc3ccc(Cl)cc3Cl)c21)NS(=O)(=O)c1cnc2ccccc2c1. The molecule has 0 fully saturated rings. The molecule has 0 saturated heterocycles. The van der Waals surface area contributed by atoms with Gasteiger partial charge in [-0.05, 0) is 60.2 Å². The molecule has 0 saturated carbocycles. The molecule has 190 valence electrons. The van der Waals surface area contributed by atoms with Crippen LogP contribution in [0.15, 0.2) is 71.9 Å². The number of fused-ring (bicyclic) bond motifs is 2. The number of benzene rings is 2. The van der Waals surface area contributed by atoms with Crippen molar-refractivity contribution in [3.05, 3.63) is 93.9 Å². The number of carbonyl (C=O) groups excluding carboxylic acids is 1. The zero-order chi connectivity index (χ0) is 26.0. The molecule has 5 rings (SSSR count). The van der Waals surface area contributed by atoms with Gasteiger partial charge in [0.15, 0.2) is 0 Å². The predicted octanol–water partition coefficient (Wildman–Crippen LogP) is 5.19. The van der Waals surface area contributed by atoms with Crippen molar-refractivity contribution in [1.82, 2.24) is 24.8 Å². The highest BCUT2D eigenvalue weighted by atomic mass is 35.5. The smallest absolute Gasteiger partial charge is 0.328 e. The van der Waals surface area contributed by atoms with Gasteiger partial charge in [-0.25, -0.2) is 17.9 Å². The molecule has 0 spiro atoms. The molecule has 2 aromatic carbocycles. The molecule has 0 unspecified atom stereocenters. The second-order valence-corrected chi connectivity index (χ2v) is 11.2. The Balaban J connectivity index is 1.27. The van der Waals surface area contributed by atoms with Gasteiger partial charge in [-0.3, -0.25) is 9.67 Å². The van der Waals surface area contributed by atoms with Crippen molar-refractivity contribution >= 4 is 55.7 Å². The zero-order valence-electron chi connectivity index (χ0n) is 19.6. The molecule has 11 heteroatoms. The van der Waals surface area contributed by atoms with E-state index < -0.39 is 16.1 Å². The second kappa shape index (κ2) is 10.5. The molecule has 0 atom stereocenters. The fourth-order valence-electron chi connectivity index (χ4n) is 4.38. The maximum atomic E-state index is 12.7. The number of rotatable bonds is 6. The van der Waals surface area contributed by atoms with E-state index in [2.05, 4.69) is 20.1 Å². The molecule has 0 aliphatic heterocycles. The zero-order valence-corrected chi connectivity index (χ0v) is 21.9. The Bertz CT molecular complexity index is 1630. The third kappa shape index (κ3) is 5.64. The number of nitrogens with zero attached hydrogens (tertiary/aromatic N) is 3. The number of allylic oxidation sites excluding steroid dienone is 1. The highest BCUT2D eigenvalue weighted by Gasteiger charge is 2.21. The van der Waals surface area contributed by atoms with Crippen LogP contribution in [0.3, 0.4) is 0 Å². The van der Waals surface area contributed by atoms with E-state index in [-0.39, 0.29) is 11.4 Å². The van der Waals surface area contributed by atoms with Gasteiger partial charge in [0.05, 0.1) is 24.0 Å². The number of para-hydroxylation sites is 1. The van der Waals surface area contributed by atoms with Gasteiger partial charge in [0.2, 0.25) is 0 Å². The minimum absolute atomic E-state index is 0.0820. The molecule has 8 nitrogen and oxygen atoms in total. The third-order valence-corrected chi connectivity index (χ3v) is 8.05. The fourth-order valence-corrected chi connectivity index (χ4v) is 5.75. The van der Waals surface area contributed by atoms with Crippen LogP contribution < -0.4 is 10.0 Å². The summed E-state index contributed by atoms with van der Waals surface area (Å²) in [5.41, 5.74) is 4.72.